The summed E-state index contributed by atoms with van der Waals surface area (Å²) in [6, 6.07) is 5.74. The lowest BCUT2D eigenvalue weighted by Gasteiger charge is -2.22. The van der Waals surface area contributed by atoms with E-state index in [1.807, 2.05) is 32.0 Å². The molecular weight excluding hydrogens is 212 g/mol. The zero-order valence-corrected chi connectivity index (χ0v) is 10.4. The molecule has 0 fully saturated rings. The maximum Gasteiger partial charge on any atom is 0.746 e. The lowest BCUT2D eigenvalue weighted by Crippen LogP contribution is -2.47. The summed E-state index contributed by atoms with van der Waals surface area (Å²) in [5, 5.41) is 0. The van der Waals surface area contributed by atoms with E-state index < -0.39 is 9.05 Å². The van der Waals surface area contributed by atoms with Gasteiger partial charge in [0.1, 0.15) is 5.75 Å². The molecule has 0 atom stereocenters. The van der Waals surface area contributed by atoms with Gasteiger partial charge in [-0.3, -0.25) is 0 Å². The molecule has 0 unspecified atom stereocenters. The minimum absolute atomic E-state index is 0.621. The van der Waals surface area contributed by atoms with Crippen LogP contribution in [0.15, 0.2) is 18.2 Å². The Kier molecular flexibility index (Phi) is 3.87. The molecule has 0 heterocycles. The van der Waals surface area contributed by atoms with Gasteiger partial charge < -0.3 is 18.1 Å². The Morgan fingerprint density at radius 3 is 1.93 bits per heavy atom. The number of hydrogen-bond donors (Lipinski definition) is 1. The molecule has 84 valence electrons. The van der Waals surface area contributed by atoms with Crippen LogP contribution in [0.1, 0.15) is 11.1 Å². The third-order valence-electron chi connectivity index (χ3n) is 2.16. The SMILES string of the molecule is CO[Si](O)(OC)Oc1c(C)cccc1C. The summed E-state index contributed by atoms with van der Waals surface area (Å²) in [5.74, 6) is 0.621. The van der Waals surface area contributed by atoms with E-state index in [4.69, 9.17) is 13.3 Å². The fraction of sp³-hybridized carbons (Fsp3) is 0.400. The first-order valence-electron chi connectivity index (χ1n) is 4.60. The Balaban J connectivity index is 2.98. The van der Waals surface area contributed by atoms with Gasteiger partial charge in [-0.2, -0.15) is 0 Å². The van der Waals surface area contributed by atoms with Crippen molar-refractivity contribution in [3.8, 4) is 5.75 Å². The lowest BCUT2D eigenvalue weighted by molar-refractivity contribution is 0.0725. The van der Waals surface area contributed by atoms with Crippen LogP contribution in [0.5, 0.6) is 5.75 Å². The van der Waals surface area contributed by atoms with Crippen molar-refractivity contribution >= 4 is 9.05 Å². The number of hydrogen-bond acceptors (Lipinski definition) is 4. The largest absolute Gasteiger partial charge is 0.746 e. The third-order valence-corrected chi connectivity index (χ3v) is 3.65. The van der Waals surface area contributed by atoms with Gasteiger partial charge in [0.25, 0.3) is 0 Å². The van der Waals surface area contributed by atoms with Crippen molar-refractivity contribution in [1.29, 1.82) is 0 Å². The number of benzene rings is 1. The van der Waals surface area contributed by atoms with Crippen molar-refractivity contribution in [3.63, 3.8) is 0 Å². The molecule has 1 aromatic carbocycles. The topological polar surface area (TPSA) is 47.9 Å². The standard InChI is InChI=1S/C10H16O4Si/c1-8-6-5-7-9(2)10(8)14-15(11,12-3)13-4/h5-7,11H,1-4H3. The predicted molar refractivity (Wildman–Crippen MR) is 58.5 cm³/mol. The summed E-state index contributed by atoms with van der Waals surface area (Å²) in [5.41, 5.74) is 1.88. The molecule has 0 amide bonds. The van der Waals surface area contributed by atoms with Gasteiger partial charge >= 0.3 is 9.05 Å². The Morgan fingerprint density at radius 1 is 1.07 bits per heavy atom. The molecule has 0 spiro atoms. The van der Waals surface area contributed by atoms with Gasteiger partial charge in [0, 0.05) is 14.2 Å². The van der Waals surface area contributed by atoms with Crippen LogP contribution in [-0.4, -0.2) is 28.1 Å². The van der Waals surface area contributed by atoms with Crippen molar-refractivity contribution in [1.82, 2.24) is 0 Å². The van der Waals surface area contributed by atoms with Crippen LogP contribution < -0.4 is 4.43 Å². The highest BCUT2D eigenvalue weighted by Gasteiger charge is 2.42. The molecule has 0 aliphatic carbocycles. The van der Waals surface area contributed by atoms with E-state index in [2.05, 4.69) is 0 Å². The highest BCUT2D eigenvalue weighted by atomic mass is 28.4. The molecule has 0 aromatic heterocycles. The molecule has 1 rings (SSSR count). The zero-order valence-electron chi connectivity index (χ0n) is 9.40. The zero-order chi connectivity index (χ0) is 11.5. The van der Waals surface area contributed by atoms with Gasteiger partial charge in [0.15, 0.2) is 0 Å². The summed E-state index contributed by atoms with van der Waals surface area (Å²) in [7, 11) is -0.772. The second-order valence-corrected chi connectivity index (χ2v) is 5.32. The maximum absolute atomic E-state index is 9.80. The molecule has 1 N–H and O–H groups in total. The molecule has 0 aliphatic heterocycles. The van der Waals surface area contributed by atoms with Gasteiger partial charge in [-0.15, -0.1) is 0 Å². The second-order valence-electron chi connectivity index (χ2n) is 3.26. The third kappa shape index (κ3) is 2.79. The summed E-state index contributed by atoms with van der Waals surface area (Å²) in [4.78, 5) is 9.80. The molecule has 0 saturated heterocycles. The average Bonchev–Trinajstić information content (AvgIpc) is 2.23. The molecule has 1 aromatic rings. The summed E-state index contributed by atoms with van der Waals surface area (Å²) in [6.07, 6.45) is 0. The Morgan fingerprint density at radius 2 is 1.53 bits per heavy atom. The van der Waals surface area contributed by atoms with E-state index in [-0.39, 0.29) is 0 Å². The molecule has 15 heavy (non-hydrogen) atoms. The molecule has 0 bridgehead atoms. The first kappa shape index (κ1) is 12.2. The quantitative estimate of drug-likeness (QED) is 0.791. The first-order valence-corrected chi connectivity index (χ1v) is 6.27. The number of para-hydroxylation sites is 1. The van der Waals surface area contributed by atoms with Crippen molar-refractivity contribution in [2.45, 2.75) is 13.8 Å². The Labute approximate surface area is 90.9 Å². The smallest absolute Gasteiger partial charge is 0.480 e. The maximum atomic E-state index is 9.80. The second kappa shape index (κ2) is 4.76. The monoisotopic (exact) mass is 228 g/mol. The minimum atomic E-state index is -3.50. The average molecular weight is 228 g/mol. The van der Waals surface area contributed by atoms with Crippen molar-refractivity contribution < 1.29 is 18.1 Å². The van der Waals surface area contributed by atoms with E-state index in [0.29, 0.717) is 5.75 Å². The van der Waals surface area contributed by atoms with Crippen LogP contribution in [0.3, 0.4) is 0 Å². The highest BCUT2D eigenvalue weighted by Crippen LogP contribution is 2.24. The molecule has 0 radical (unpaired) electrons. The molecular formula is C10H16O4Si. The van der Waals surface area contributed by atoms with Gasteiger partial charge in [-0.05, 0) is 25.0 Å². The Hall–Kier alpha value is -0.883. The van der Waals surface area contributed by atoms with Crippen LogP contribution in [-0.2, 0) is 8.85 Å². The van der Waals surface area contributed by atoms with Crippen LogP contribution in [0.2, 0.25) is 0 Å². The molecule has 0 saturated carbocycles. The van der Waals surface area contributed by atoms with Crippen LogP contribution >= 0.6 is 0 Å². The van der Waals surface area contributed by atoms with Crippen molar-refractivity contribution in [2.24, 2.45) is 0 Å². The normalized spacial score (nSPS) is 11.5. The first-order chi connectivity index (χ1) is 7.02. The summed E-state index contributed by atoms with van der Waals surface area (Å²) in [6.45, 7) is 3.81. The number of aryl methyl sites for hydroxylation is 2. The summed E-state index contributed by atoms with van der Waals surface area (Å²) < 4.78 is 15.1. The van der Waals surface area contributed by atoms with Crippen molar-refractivity contribution in [3.05, 3.63) is 29.3 Å². The van der Waals surface area contributed by atoms with E-state index in [0.717, 1.165) is 11.1 Å². The van der Waals surface area contributed by atoms with E-state index in [1.54, 1.807) is 0 Å². The minimum Gasteiger partial charge on any atom is -0.480 e. The van der Waals surface area contributed by atoms with Crippen molar-refractivity contribution in [2.75, 3.05) is 14.2 Å². The fourth-order valence-corrected chi connectivity index (χ4v) is 2.17. The predicted octanol–water partition coefficient (Wildman–Crippen LogP) is 1.40. The highest BCUT2D eigenvalue weighted by molar-refractivity contribution is 6.52. The van der Waals surface area contributed by atoms with Gasteiger partial charge in [-0.25, -0.2) is 0 Å². The van der Waals surface area contributed by atoms with Crippen LogP contribution in [0.4, 0.5) is 0 Å². The lowest BCUT2D eigenvalue weighted by atomic mass is 10.1. The molecule has 0 aliphatic rings. The van der Waals surface area contributed by atoms with Crippen LogP contribution in [0, 0.1) is 13.8 Å². The summed E-state index contributed by atoms with van der Waals surface area (Å²) >= 11 is 0. The fourth-order valence-electron chi connectivity index (χ4n) is 1.26. The van der Waals surface area contributed by atoms with Gasteiger partial charge in [-0.1, -0.05) is 18.2 Å². The van der Waals surface area contributed by atoms with E-state index in [9.17, 15) is 4.80 Å². The van der Waals surface area contributed by atoms with Gasteiger partial charge in [0.05, 0.1) is 0 Å². The van der Waals surface area contributed by atoms with E-state index >= 15 is 0 Å². The number of rotatable bonds is 4. The molecule has 4 nitrogen and oxygen atoms in total. The molecule has 5 heteroatoms. The van der Waals surface area contributed by atoms with Gasteiger partial charge in [0.2, 0.25) is 0 Å². The van der Waals surface area contributed by atoms with Crippen LogP contribution in [0.25, 0.3) is 0 Å². The Bertz CT molecular complexity index is 316. The van der Waals surface area contributed by atoms with E-state index in [1.165, 1.54) is 14.2 Å².